The molecule has 26 heavy (non-hydrogen) atoms. The van der Waals surface area contributed by atoms with Crippen LogP contribution in [0.25, 0.3) is 39.4 Å². The smallest absolute Gasteiger partial charge is 0.182 e. The fourth-order valence-electron chi connectivity index (χ4n) is 3.11. The van der Waals surface area contributed by atoms with Gasteiger partial charge in [-0.05, 0) is 31.2 Å². The van der Waals surface area contributed by atoms with Gasteiger partial charge in [0, 0.05) is 36.7 Å². The van der Waals surface area contributed by atoms with Gasteiger partial charge in [0.05, 0.1) is 11.8 Å². The average molecular weight is 341 g/mol. The number of hydrogen-bond donors (Lipinski definition) is 0. The van der Waals surface area contributed by atoms with Gasteiger partial charge in [0.15, 0.2) is 22.8 Å². The summed E-state index contributed by atoms with van der Waals surface area (Å²) in [6.45, 7) is 1.96. The average Bonchev–Trinajstić information content (AvgIpc) is 3.25. The van der Waals surface area contributed by atoms with E-state index in [1.807, 2.05) is 65.8 Å². The van der Waals surface area contributed by atoms with Crippen LogP contribution in [0.3, 0.4) is 0 Å². The first-order valence-electron chi connectivity index (χ1n) is 8.25. The zero-order valence-electron chi connectivity index (χ0n) is 14.3. The molecule has 0 aromatic carbocycles. The highest BCUT2D eigenvalue weighted by molar-refractivity contribution is 5.86. The van der Waals surface area contributed by atoms with Gasteiger partial charge in [-0.25, -0.2) is 19.9 Å². The van der Waals surface area contributed by atoms with E-state index in [0.717, 1.165) is 39.3 Å². The third-order valence-electron chi connectivity index (χ3n) is 4.38. The quantitative estimate of drug-likeness (QED) is 0.493. The molecular formula is C19H15N7. The van der Waals surface area contributed by atoms with Gasteiger partial charge in [0.2, 0.25) is 0 Å². The molecule has 0 spiro atoms. The Kier molecular flexibility index (Phi) is 3.08. The Hall–Kier alpha value is -3.61. The Bertz CT molecular complexity index is 1270. The van der Waals surface area contributed by atoms with Crippen LogP contribution in [-0.4, -0.2) is 34.1 Å². The summed E-state index contributed by atoms with van der Waals surface area (Å²) >= 11 is 0. The molecule has 0 atom stereocenters. The highest BCUT2D eigenvalue weighted by Gasteiger charge is 2.16. The third kappa shape index (κ3) is 2.17. The van der Waals surface area contributed by atoms with Crippen molar-refractivity contribution in [2.24, 2.45) is 7.05 Å². The van der Waals surface area contributed by atoms with Crippen LogP contribution in [-0.2, 0) is 7.05 Å². The molecule has 0 aliphatic rings. The first-order chi connectivity index (χ1) is 12.7. The van der Waals surface area contributed by atoms with E-state index in [0.29, 0.717) is 5.82 Å². The van der Waals surface area contributed by atoms with E-state index in [1.165, 1.54) is 0 Å². The summed E-state index contributed by atoms with van der Waals surface area (Å²) in [7, 11) is 1.93. The first kappa shape index (κ1) is 14.7. The second kappa shape index (κ2) is 5.45. The Labute approximate surface area is 149 Å². The molecule has 0 unspecified atom stereocenters. The molecule has 0 aliphatic carbocycles. The predicted molar refractivity (Wildman–Crippen MR) is 98.9 cm³/mol. The SMILES string of the molecule is Cc1cccc(-c2nc(-n3ccc4cnccc43)c3ncn(C)c3n2)n1. The fraction of sp³-hybridized carbons (Fsp3) is 0.105. The Morgan fingerprint density at radius 3 is 2.81 bits per heavy atom. The van der Waals surface area contributed by atoms with Crippen molar-refractivity contribution in [3.63, 3.8) is 0 Å². The molecular weight excluding hydrogens is 326 g/mol. The van der Waals surface area contributed by atoms with Crippen molar-refractivity contribution in [2.75, 3.05) is 0 Å². The minimum Gasteiger partial charge on any atom is -0.318 e. The van der Waals surface area contributed by atoms with E-state index in [4.69, 9.17) is 9.97 Å². The molecule has 5 aromatic rings. The fourth-order valence-corrected chi connectivity index (χ4v) is 3.11. The summed E-state index contributed by atoms with van der Waals surface area (Å²) in [6.07, 6.45) is 7.35. The van der Waals surface area contributed by atoms with Crippen molar-refractivity contribution in [3.05, 3.63) is 60.9 Å². The van der Waals surface area contributed by atoms with Crippen LogP contribution in [0.15, 0.2) is 55.2 Å². The van der Waals surface area contributed by atoms with Gasteiger partial charge in [-0.2, -0.15) is 0 Å². The van der Waals surface area contributed by atoms with Crippen molar-refractivity contribution in [1.29, 1.82) is 0 Å². The van der Waals surface area contributed by atoms with Crippen LogP contribution in [0, 0.1) is 6.92 Å². The lowest BCUT2D eigenvalue weighted by Gasteiger charge is -2.08. The number of rotatable bonds is 2. The van der Waals surface area contributed by atoms with Crippen LogP contribution in [0.4, 0.5) is 0 Å². The molecule has 0 saturated heterocycles. The number of pyridine rings is 2. The Morgan fingerprint density at radius 1 is 1.00 bits per heavy atom. The van der Waals surface area contributed by atoms with E-state index < -0.39 is 0 Å². The number of imidazole rings is 1. The zero-order chi connectivity index (χ0) is 17.7. The van der Waals surface area contributed by atoms with Gasteiger partial charge in [0.1, 0.15) is 5.69 Å². The molecule has 7 heteroatoms. The predicted octanol–water partition coefficient (Wildman–Crippen LogP) is 3.07. The summed E-state index contributed by atoms with van der Waals surface area (Å²) in [6, 6.07) is 9.83. The summed E-state index contributed by atoms with van der Waals surface area (Å²) in [5, 5.41) is 1.05. The number of aromatic nitrogens is 7. The van der Waals surface area contributed by atoms with Crippen molar-refractivity contribution < 1.29 is 0 Å². The lowest BCUT2D eigenvalue weighted by molar-refractivity contribution is 0.926. The molecule has 5 aromatic heterocycles. The van der Waals surface area contributed by atoms with E-state index in [9.17, 15) is 0 Å². The first-order valence-corrected chi connectivity index (χ1v) is 8.25. The maximum atomic E-state index is 4.81. The molecule has 7 nitrogen and oxygen atoms in total. The molecule has 0 N–H and O–H groups in total. The summed E-state index contributed by atoms with van der Waals surface area (Å²) in [4.78, 5) is 22.8. The van der Waals surface area contributed by atoms with Gasteiger partial charge in [-0.15, -0.1) is 0 Å². The number of nitrogens with zero attached hydrogens (tertiary/aromatic N) is 7. The molecule has 0 fully saturated rings. The van der Waals surface area contributed by atoms with Crippen LogP contribution in [0.2, 0.25) is 0 Å². The van der Waals surface area contributed by atoms with E-state index in [1.54, 1.807) is 12.5 Å². The maximum Gasteiger partial charge on any atom is 0.182 e. The number of hydrogen-bond acceptors (Lipinski definition) is 5. The van der Waals surface area contributed by atoms with Gasteiger partial charge < -0.3 is 4.57 Å². The lowest BCUT2D eigenvalue weighted by atomic mass is 10.3. The van der Waals surface area contributed by atoms with Crippen LogP contribution >= 0.6 is 0 Å². The van der Waals surface area contributed by atoms with Gasteiger partial charge in [-0.3, -0.25) is 9.55 Å². The van der Waals surface area contributed by atoms with Crippen molar-refractivity contribution in [1.82, 2.24) is 34.1 Å². The van der Waals surface area contributed by atoms with Crippen molar-refractivity contribution in [3.8, 4) is 17.3 Å². The topological polar surface area (TPSA) is 74.3 Å². The summed E-state index contributed by atoms with van der Waals surface area (Å²) in [5.74, 6) is 1.31. The second-order valence-corrected chi connectivity index (χ2v) is 6.18. The minimum atomic E-state index is 0.579. The lowest BCUT2D eigenvalue weighted by Crippen LogP contribution is -2.03. The van der Waals surface area contributed by atoms with Crippen LogP contribution < -0.4 is 0 Å². The van der Waals surface area contributed by atoms with Crippen molar-refractivity contribution >= 4 is 22.1 Å². The number of aryl methyl sites for hydroxylation is 2. The monoisotopic (exact) mass is 341 g/mol. The molecule has 126 valence electrons. The van der Waals surface area contributed by atoms with Gasteiger partial charge >= 0.3 is 0 Å². The van der Waals surface area contributed by atoms with Crippen molar-refractivity contribution in [2.45, 2.75) is 6.92 Å². The molecule has 5 rings (SSSR count). The number of fused-ring (bicyclic) bond motifs is 2. The highest BCUT2D eigenvalue weighted by atomic mass is 15.2. The van der Waals surface area contributed by atoms with Crippen LogP contribution in [0.5, 0.6) is 0 Å². The highest BCUT2D eigenvalue weighted by Crippen LogP contribution is 2.25. The Balaban J connectivity index is 1.84. The summed E-state index contributed by atoms with van der Waals surface area (Å²) < 4.78 is 3.92. The Morgan fingerprint density at radius 2 is 1.92 bits per heavy atom. The molecule has 0 aliphatic heterocycles. The normalized spacial score (nSPS) is 11.5. The standard InChI is InChI=1S/C19H15N7/c1-12-4-3-5-14(22-12)17-23-18-16(21-11-25(18)2)19(24-17)26-9-7-13-10-20-8-6-15(13)26/h3-11H,1-2H3. The minimum absolute atomic E-state index is 0.579. The van der Waals surface area contributed by atoms with Crippen LogP contribution in [0.1, 0.15) is 5.69 Å². The molecule has 0 saturated carbocycles. The van der Waals surface area contributed by atoms with E-state index in [-0.39, 0.29) is 0 Å². The molecule has 0 radical (unpaired) electrons. The van der Waals surface area contributed by atoms with Gasteiger partial charge in [0.25, 0.3) is 0 Å². The van der Waals surface area contributed by atoms with E-state index >= 15 is 0 Å². The molecule has 0 bridgehead atoms. The third-order valence-corrected chi connectivity index (χ3v) is 4.38. The molecule has 5 heterocycles. The largest absolute Gasteiger partial charge is 0.318 e. The zero-order valence-corrected chi connectivity index (χ0v) is 14.3. The van der Waals surface area contributed by atoms with Gasteiger partial charge in [-0.1, -0.05) is 6.07 Å². The second-order valence-electron chi connectivity index (χ2n) is 6.18. The maximum absolute atomic E-state index is 4.81. The summed E-state index contributed by atoms with van der Waals surface area (Å²) in [5.41, 5.74) is 4.21. The molecule has 0 amide bonds. The van der Waals surface area contributed by atoms with E-state index in [2.05, 4.69) is 15.0 Å².